The fourth-order valence-corrected chi connectivity index (χ4v) is 6.36. The van der Waals surface area contributed by atoms with Crippen LogP contribution in [0.15, 0.2) is 64.4 Å². The van der Waals surface area contributed by atoms with E-state index in [2.05, 4.69) is 62.2 Å². The third kappa shape index (κ3) is 5.47. The monoisotopic (exact) mass is 596 g/mol. The molecule has 2 aliphatic heterocycles. The molecule has 1 unspecified atom stereocenters. The predicted octanol–water partition coefficient (Wildman–Crippen LogP) is 6.94. The summed E-state index contributed by atoms with van der Waals surface area (Å²) in [5.41, 5.74) is 3.34. The van der Waals surface area contributed by atoms with Crippen molar-refractivity contribution in [3.05, 3.63) is 75.4 Å². The summed E-state index contributed by atoms with van der Waals surface area (Å²) < 4.78 is 1.05. The molecule has 1 atom stereocenters. The SMILES string of the molecule is CCO/N=C(/c1ccc(Br)cc1)C1CCCCN1C1(C)CCN(C(=O)c2cccc3c(Cl)ccnc23)CC1. The molecule has 0 radical (unpaired) electrons. The van der Waals surface area contributed by atoms with E-state index in [4.69, 9.17) is 16.4 Å². The normalized spacial score (nSPS) is 20.5. The average molecular weight is 598 g/mol. The van der Waals surface area contributed by atoms with Crippen LogP contribution in [0.3, 0.4) is 0 Å². The predicted molar refractivity (Wildman–Crippen MR) is 157 cm³/mol. The molecular weight excluding hydrogens is 564 g/mol. The quantitative estimate of drug-likeness (QED) is 0.228. The van der Waals surface area contributed by atoms with Crippen LogP contribution in [0, 0.1) is 0 Å². The van der Waals surface area contributed by atoms with E-state index in [0.717, 1.165) is 46.9 Å². The lowest BCUT2D eigenvalue weighted by molar-refractivity contribution is 0.00568. The van der Waals surface area contributed by atoms with Crippen LogP contribution < -0.4 is 0 Å². The summed E-state index contributed by atoms with van der Waals surface area (Å²) in [5, 5.41) is 6.06. The lowest BCUT2D eigenvalue weighted by atomic mass is 9.82. The van der Waals surface area contributed by atoms with Gasteiger partial charge in [-0.15, -0.1) is 0 Å². The van der Waals surface area contributed by atoms with E-state index >= 15 is 0 Å². The number of benzene rings is 2. The van der Waals surface area contributed by atoms with Crippen LogP contribution in [0.2, 0.25) is 5.02 Å². The number of carbonyl (C=O) groups excluding carboxylic acids is 1. The lowest BCUT2D eigenvalue weighted by Crippen LogP contribution is -2.60. The maximum atomic E-state index is 13.6. The van der Waals surface area contributed by atoms with E-state index in [1.807, 2.05) is 30.0 Å². The van der Waals surface area contributed by atoms with Gasteiger partial charge in [-0.1, -0.05) is 63.4 Å². The minimum atomic E-state index is -0.0372. The number of halogens is 2. The molecular formula is C30H34BrClN4O2. The maximum Gasteiger partial charge on any atom is 0.256 e. The Morgan fingerprint density at radius 3 is 2.63 bits per heavy atom. The number of amides is 1. The second-order valence-corrected chi connectivity index (χ2v) is 11.7. The van der Waals surface area contributed by atoms with Gasteiger partial charge in [0.2, 0.25) is 0 Å². The summed E-state index contributed by atoms with van der Waals surface area (Å²) in [5.74, 6) is 0.0241. The van der Waals surface area contributed by atoms with Crippen LogP contribution in [0.1, 0.15) is 61.9 Å². The average Bonchev–Trinajstić information content (AvgIpc) is 2.94. The van der Waals surface area contributed by atoms with Crippen molar-refractivity contribution in [2.24, 2.45) is 5.16 Å². The Morgan fingerprint density at radius 2 is 1.89 bits per heavy atom. The number of oxime groups is 1. The highest BCUT2D eigenvalue weighted by molar-refractivity contribution is 9.10. The van der Waals surface area contributed by atoms with Gasteiger partial charge in [0.25, 0.3) is 5.91 Å². The van der Waals surface area contributed by atoms with Crippen molar-refractivity contribution in [1.29, 1.82) is 0 Å². The van der Waals surface area contributed by atoms with E-state index in [1.165, 1.54) is 12.8 Å². The number of hydrogen-bond acceptors (Lipinski definition) is 5. The van der Waals surface area contributed by atoms with Crippen LogP contribution in [0.5, 0.6) is 0 Å². The van der Waals surface area contributed by atoms with Gasteiger partial charge >= 0.3 is 0 Å². The molecule has 2 aliphatic rings. The molecule has 0 saturated carbocycles. The summed E-state index contributed by atoms with van der Waals surface area (Å²) in [6.07, 6.45) is 6.84. The zero-order chi connectivity index (χ0) is 26.7. The van der Waals surface area contributed by atoms with Gasteiger partial charge in [0.1, 0.15) is 12.3 Å². The number of fused-ring (bicyclic) bond motifs is 1. The third-order valence-corrected chi connectivity index (χ3v) is 8.88. The highest BCUT2D eigenvalue weighted by Gasteiger charge is 2.43. The zero-order valence-electron chi connectivity index (χ0n) is 22.0. The van der Waals surface area contributed by atoms with Crippen molar-refractivity contribution < 1.29 is 9.63 Å². The van der Waals surface area contributed by atoms with Crippen molar-refractivity contribution in [1.82, 2.24) is 14.8 Å². The minimum Gasteiger partial charge on any atom is -0.396 e. The molecule has 2 fully saturated rings. The lowest BCUT2D eigenvalue weighted by Gasteiger charge is -2.51. The van der Waals surface area contributed by atoms with Crippen molar-refractivity contribution in [3.63, 3.8) is 0 Å². The van der Waals surface area contributed by atoms with Crippen molar-refractivity contribution in [3.8, 4) is 0 Å². The molecule has 0 spiro atoms. The topological polar surface area (TPSA) is 58.0 Å². The smallest absolute Gasteiger partial charge is 0.256 e. The van der Waals surface area contributed by atoms with E-state index in [9.17, 15) is 4.79 Å². The van der Waals surface area contributed by atoms with Crippen molar-refractivity contribution in [2.75, 3.05) is 26.2 Å². The first-order chi connectivity index (χ1) is 18.4. The fourth-order valence-electron chi connectivity index (χ4n) is 5.89. The van der Waals surface area contributed by atoms with Crippen LogP contribution in [-0.4, -0.2) is 64.2 Å². The number of hydrogen-bond donors (Lipinski definition) is 0. The fraction of sp³-hybridized carbons (Fsp3) is 0.433. The second-order valence-electron chi connectivity index (χ2n) is 10.4. The molecule has 200 valence electrons. The van der Waals surface area contributed by atoms with Gasteiger partial charge in [-0.3, -0.25) is 14.7 Å². The minimum absolute atomic E-state index is 0.0241. The van der Waals surface area contributed by atoms with Crippen LogP contribution in [0.25, 0.3) is 10.9 Å². The Morgan fingerprint density at radius 1 is 1.13 bits per heavy atom. The Labute approximate surface area is 238 Å². The van der Waals surface area contributed by atoms with E-state index in [0.29, 0.717) is 35.8 Å². The number of likely N-dealkylation sites (tertiary alicyclic amines) is 2. The molecule has 3 heterocycles. The van der Waals surface area contributed by atoms with Gasteiger partial charge in [0, 0.05) is 40.2 Å². The first-order valence-corrected chi connectivity index (χ1v) is 14.6. The van der Waals surface area contributed by atoms with Gasteiger partial charge in [0.05, 0.1) is 22.1 Å². The molecule has 2 saturated heterocycles. The summed E-state index contributed by atoms with van der Waals surface area (Å²) >= 11 is 9.93. The van der Waals surface area contributed by atoms with Gasteiger partial charge in [0.15, 0.2) is 0 Å². The number of carbonyl (C=O) groups is 1. The molecule has 2 aromatic carbocycles. The molecule has 3 aromatic rings. The van der Waals surface area contributed by atoms with Gasteiger partial charge in [-0.25, -0.2) is 0 Å². The van der Waals surface area contributed by atoms with Crippen molar-refractivity contribution >= 4 is 50.1 Å². The number of para-hydroxylation sites is 1. The molecule has 6 nitrogen and oxygen atoms in total. The maximum absolute atomic E-state index is 13.6. The van der Waals surface area contributed by atoms with Crippen molar-refractivity contribution in [2.45, 2.75) is 57.5 Å². The zero-order valence-corrected chi connectivity index (χ0v) is 24.3. The number of pyridine rings is 1. The number of nitrogens with zero attached hydrogens (tertiary/aromatic N) is 4. The molecule has 8 heteroatoms. The van der Waals surface area contributed by atoms with Crippen LogP contribution in [-0.2, 0) is 4.84 Å². The Bertz CT molecular complexity index is 1320. The number of aromatic nitrogens is 1. The summed E-state index contributed by atoms with van der Waals surface area (Å²) in [6, 6.07) is 15.9. The molecule has 1 amide bonds. The molecule has 0 N–H and O–H groups in total. The highest BCUT2D eigenvalue weighted by Crippen LogP contribution is 2.36. The third-order valence-electron chi connectivity index (χ3n) is 8.02. The van der Waals surface area contributed by atoms with Crippen LogP contribution in [0.4, 0.5) is 0 Å². The summed E-state index contributed by atoms with van der Waals surface area (Å²) in [6.45, 7) is 7.27. The highest BCUT2D eigenvalue weighted by atomic mass is 79.9. The second kappa shape index (κ2) is 11.7. The first kappa shape index (κ1) is 27.1. The first-order valence-electron chi connectivity index (χ1n) is 13.5. The van der Waals surface area contributed by atoms with Gasteiger partial charge < -0.3 is 9.74 Å². The summed E-state index contributed by atoms with van der Waals surface area (Å²) in [7, 11) is 0. The Balaban J connectivity index is 1.36. The van der Waals surface area contributed by atoms with E-state index in [-0.39, 0.29) is 17.5 Å². The van der Waals surface area contributed by atoms with Crippen LogP contribution >= 0.6 is 27.5 Å². The molecule has 0 aliphatic carbocycles. The molecule has 5 rings (SSSR count). The standard InChI is InChI=1S/C30H34BrClN4O2/c1-3-38-34-27(21-10-12-22(31)13-11-21)26-9-4-5-18-36(26)30(2)15-19-35(20-16-30)29(37)24-8-6-7-23-25(32)14-17-33-28(23)24/h6-8,10-14,17,26H,3-5,9,15-16,18-20H2,1-2H3/b34-27-. The van der Waals surface area contributed by atoms with E-state index in [1.54, 1.807) is 12.3 Å². The van der Waals surface area contributed by atoms with E-state index < -0.39 is 0 Å². The van der Waals surface area contributed by atoms with Gasteiger partial charge in [-0.05, 0) is 70.3 Å². The number of piperidine rings is 2. The molecule has 1 aromatic heterocycles. The summed E-state index contributed by atoms with van der Waals surface area (Å²) in [4.78, 5) is 28.3. The molecule has 38 heavy (non-hydrogen) atoms. The number of rotatable bonds is 6. The van der Waals surface area contributed by atoms with Gasteiger partial charge in [-0.2, -0.15) is 0 Å². The Hall–Kier alpha value is -2.48. The molecule has 0 bridgehead atoms. The largest absolute Gasteiger partial charge is 0.396 e. The Kier molecular flexibility index (Phi) is 8.36.